The van der Waals surface area contributed by atoms with Crippen molar-refractivity contribution in [1.82, 2.24) is 10.6 Å². The summed E-state index contributed by atoms with van der Waals surface area (Å²) in [6, 6.07) is 9.94. The van der Waals surface area contributed by atoms with Crippen LogP contribution in [-0.4, -0.2) is 62.6 Å². The average Bonchev–Trinajstić information content (AvgIpc) is 2.74. The number of nitrogens with one attached hydrogen (secondary N) is 3. The Balaban J connectivity index is 1.64. The van der Waals surface area contributed by atoms with E-state index in [1.807, 2.05) is 30.3 Å². The van der Waals surface area contributed by atoms with Crippen molar-refractivity contribution in [2.24, 2.45) is 0 Å². The van der Waals surface area contributed by atoms with Gasteiger partial charge < -0.3 is 35.3 Å². The van der Waals surface area contributed by atoms with Crippen molar-refractivity contribution in [1.29, 1.82) is 0 Å². The Labute approximate surface area is 178 Å². The minimum absolute atomic E-state index is 0.162. The van der Waals surface area contributed by atoms with E-state index in [-0.39, 0.29) is 18.2 Å². The third kappa shape index (κ3) is 6.10. The van der Waals surface area contributed by atoms with E-state index in [2.05, 4.69) is 16.0 Å². The standard InChI is InChI=1S/C21H32N3O4S/c1-26-18-17(23-14-9-5-3-6-10-14)16(28-20(25)19(18)27-2)13-22-21(29)24-15-11-7-4-8-12-15/h4,7-8,11-12,14,16-20,23H,3,5-6,9-10,13H2,1-2H3,(H2,22,24,29)/q-1/t16-,17+,18+,19-,20+/m1/s1. The van der Waals surface area contributed by atoms with Crippen LogP contribution in [0.25, 0.3) is 0 Å². The van der Waals surface area contributed by atoms with Gasteiger partial charge in [0.15, 0.2) is 5.11 Å². The Kier molecular flexibility index (Phi) is 8.65. The molecule has 1 aromatic carbocycles. The van der Waals surface area contributed by atoms with Crippen molar-refractivity contribution in [3.05, 3.63) is 30.3 Å². The maximum absolute atomic E-state index is 12.5. The summed E-state index contributed by atoms with van der Waals surface area (Å²) in [5, 5.41) is 23.0. The Morgan fingerprint density at radius 2 is 1.79 bits per heavy atom. The molecule has 1 heterocycles. The van der Waals surface area contributed by atoms with Crippen LogP contribution in [0.5, 0.6) is 0 Å². The largest absolute Gasteiger partial charge is 0.829 e. The van der Waals surface area contributed by atoms with Crippen molar-refractivity contribution in [3.63, 3.8) is 0 Å². The molecule has 0 bridgehead atoms. The number of rotatable bonds is 7. The smallest absolute Gasteiger partial charge is 0.170 e. The lowest BCUT2D eigenvalue weighted by Crippen LogP contribution is -2.69. The molecule has 162 valence electrons. The number of hydrogen-bond acceptors (Lipinski definition) is 6. The second kappa shape index (κ2) is 11.2. The van der Waals surface area contributed by atoms with E-state index in [1.165, 1.54) is 26.4 Å². The molecule has 2 fully saturated rings. The SMILES string of the molecule is CO[C@@H]1[C@@H](OC)[C@@H](NC2CCCCC2)[C@@H](CNC(=S)Nc2ccccc2)O[C@@H]1[O-]. The van der Waals surface area contributed by atoms with Crippen molar-refractivity contribution < 1.29 is 19.3 Å². The second-order valence-electron chi connectivity index (χ2n) is 7.67. The van der Waals surface area contributed by atoms with Crippen molar-refractivity contribution in [2.75, 3.05) is 26.1 Å². The fourth-order valence-corrected chi connectivity index (χ4v) is 4.44. The summed E-state index contributed by atoms with van der Waals surface area (Å²) in [6.07, 6.45) is 3.22. The van der Waals surface area contributed by atoms with Crippen molar-refractivity contribution in [2.45, 2.75) is 68.8 Å². The van der Waals surface area contributed by atoms with Crippen LogP contribution in [0.15, 0.2) is 30.3 Å². The van der Waals surface area contributed by atoms with Crippen LogP contribution in [0.1, 0.15) is 32.1 Å². The summed E-state index contributed by atoms with van der Waals surface area (Å²) >= 11 is 5.41. The molecular weight excluding hydrogens is 390 g/mol. The zero-order valence-electron chi connectivity index (χ0n) is 17.1. The van der Waals surface area contributed by atoms with Gasteiger partial charge in [0.25, 0.3) is 0 Å². The molecule has 1 saturated carbocycles. The number of para-hydroxylation sites is 1. The summed E-state index contributed by atoms with van der Waals surface area (Å²) in [5.74, 6) is 0. The molecule has 2 aliphatic rings. The number of anilines is 1. The quantitative estimate of drug-likeness (QED) is 0.568. The summed E-state index contributed by atoms with van der Waals surface area (Å²) in [7, 11) is 3.15. The third-order valence-corrected chi connectivity index (χ3v) is 5.97. The first-order valence-corrected chi connectivity index (χ1v) is 10.8. The molecule has 0 aromatic heterocycles. The lowest BCUT2D eigenvalue weighted by molar-refractivity contribution is -0.529. The Morgan fingerprint density at radius 1 is 1.10 bits per heavy atom. The lowest BCUT2D eigenvalue weighted by atomic mass is 9.90. The van der Waals surface area contributed by atoms with Crippen LogP contribution in [0.4, 0.5) is 5.69 Å². The average molecular weight is 423 g/mol. The molecule has 3 rings (SSSR count). The van der Waals surface area contributed by atoms with Crippen LogP contribution in [0, 0.1) is 0 Å². The third-order valence-electron chi connectivity index (χ3n) is 5.73. The first-order valence-electron chi connectivity index (χ1n) is 10.3. The second-order valence-corrected chi connectivity index (χ2v) is 8.08. The van der Waals surface area contributed by atoms with E-state index in [0.29, 0.717) is 17.7 Å². The molecule has 1 aliphatic carbocycles. The molecule has 0 spiro atoms. The fraction of sp³-hybridized carbons (Fsp3) is 0.667. The number of thiocarbonyl (C=S) groups is 1. The van der Waals surface area contributed by atoms with Gasteiger partial charge in [0.2, 0.25) is 0 Å². The summed E-state index contributed by atoms with van der Waals surface area (Å²) < 4.78 is 16.9. The van der Waals surface area contributed by atoms with Crippen LogP contribution in [0.2, 0.25) is 0 Å². The normalized spacial score (nSPS) is 30.7. The number of hydrogen-bond donors (Lipinski definition) is 3. The molecule has 1 aromatic rings. The minimum atomic E-state index is -1.31. The van der Waals surface area contributed by atoms with Crippen LogP contribution in [0.3, 0.4) is 0 Å². The molecule has 1 saturated heterocycles. The highest BCUT2D eigenvalue weighted by Crippen LogP contribution is 2.26. The van der Waals surface area contributed by atoms with Gasteiger partial charge in [0.05, 0.1) is 18.2 Å². The topological polar surface area (TPSA) is 86.8 Å². The van der Waals surface area contributed by atoms with Crippen molar-refractivity contribution in [3.8, 4) is 0 Å². The molecule has 0 amide bonds. The Hall–Kier alpha value is -1.29. The molecule has 8 heteroatoms. The van der Waals surface area contributed by atoms with Gasteiger partial charge in [-0.15, -0.1) is 0 Å². The number of methoxy groups -OCH3 is 2. The number of benzene rings is 1. The highest BCUT2D eigenvalue weighted by molar-refractivity contribution is 7.80. The van der Waals surface area contributed by atoms with Crippen LogP contribution in [-0.2, 0) is 14.2 Å². The summed E-state index contributed by atoms with van der Waals surface area (Å²) in [4.78, 5) is 0. The van der Waals surface area contributed by atoms with Crippen molar-refractivity contribution >= 4 is 23.0 Å². The zero-order valence-corrected chi connectivity index (χ0v) is 18.0. The maximum atomic E-state index is 12.5. The van der Waals surface area contributed by atoms with Gasteiger partial charge in [-0.3, -0.25) is 0 Å². The van der Waals surface area contributed by atoms with E-state index >= 15 is 0 Å². The molecule has 7 nitrogen and oxygen atoms in total. The van der Waals surface area contributed by atoms with Gasteiger partial charge >= 0.3 is 0 Å². The monoisotopic (exact) mass is 422 g/mol. The highest BCUT2D eigenvalue weighted by Gasteiger charge is 2.43. The van der Waals surface area contributed by atoms with Crippen LogP contribution < -0.4 is 21.1 Å². The predicted molar refractivity (Wildman–Crippen MR) is 115 cm³/mol. The summed E-state index contributed by atoms with van der Waals surface area (Å²) in [5.41, 5.74) is 0.905. The van der Waals surface area contributed by atoms with E-state index in [0.717, 1.165) is 18.5 Å². The van der Waals surface area contributed by atoms with Gasteiger partial charge in [0.1, 0.15) is 6.10 Å². The molecule has 0 unspecified atom stereocenters. The van der Waals surface area contributed by atoms with Gasteiger partial charge in [-0.25, -0.2) is 0 Å². The number of ether oxygens (including phenoxy) is 3. The van der Waals surface area contributed by atoms with Gasteiger partial charge in [-0.1, -0.05) is 37.5 Å². The minimum Gasteiger partial charge on any atom is -0.829 e. The Bertz CT molecular complexity index is 630. The highest BCUT2D eigenvalue weighted by atomic mass is 32.1. The van der Waals surface area contributed by atoms with Gasteiger partial charge in [-0.05, 0) is 37.2 Å². The maximum Gasteiger partial charge on any atom is 0.170 e. The fourth-order valence-electron chi connectivity index (χ4n) is 4.24. The van der Waals surface area contributed by atoms with E-state index in [9.17, 15) is 5.11 Å². The van der Waals surface area contributed by atoms with E-state index in [4.69, 9.17) is 26.4 Å². The summed E-state index contributed by atoms with van der Waals surface area (Å²) in [6.45, 7) is 0.401. The predicted octanol–water partition coefficient (Wildman–Crippen LogP) is 1.38. The zero-order chi connectivity index (χ0) is 20.6. The van der Waals surface area contributed by atoms with E-state index < -0.39 is 12.4 Å². The molecule has 1 aliphatic heterocycles. The molecule has 29 heavy (non-hydrogen) atoms. The molecule has 3 N–H and O–H groups in total. The Morgan fingerprint density at radius 3 is 2.45 bits per heavy atom. The van der Waals surface area contributed by atoms with Gasteiger partial charge in [-0.2, -0.15) is 0 Å². The lowest BCUT2D eigenvalue weighted by Gasteiger charge is -2.50. The first kappa shape index (κ1) is 22.4. The molecular formula is C21H32N3O4S-. The first-order chi connectivity index (χ1) is 14.1. The van der Waals surface area contributed by atoms with Crippen LogP contribution >= 0.6 is 12.2 Å². The molecule has 5 atom stereocenters. The molecule has 0 radical (unpaired) electrons. The van der Waals surface area contributed by atoms with Gasteiger partial charge in [0, 0.05) is 38.8 Å². The van der Waals surface area contributed by atoms with E-state index in [1.54, 1.807) is 7.11 Å².